The summed E-state index contributed by atoms with van der Waals surface area (Å²) >= 11 is 0. The van der Waals surface area contributed by atoms with Gasteiger partial charge in [0.1, 0.15) is 11.9 Å². The Hall–Kier alpha value is -2.92. The van der Waals surface area contributed by atoms with Crippen LogP contribution in [-0.4, -0.2) is 55.0 Å². The number of sulfone groups is 1. The van der Waals surface area contributed by atoms with Crippen molar-refractivity contribution in [3.8, 4) is 0 Å². The second-order valence-electron chi connectivity index (χ2n) is 8.32. The van der Waals surface area contributed by atoms with E-state index in [2.05, 4.69) is 20.6 Å². The molecule has 11 heteroatoms. The molecule has 1 aliphatic heterocycles. The average molecular weight is 478 g/mol. The molecule has 1 saturated carbocycles. The number of hydrogen-bond acceptors (Lipinski definition) is 8. The van der Waals surface area contributed by atoms with Crippen LogP contribution in [0.1, 0.15) is 39.1 Å². The quantitative estimate of drug-likeness (QED) is 0.473. The van der Waals surface area contributed by atoms with Crippen LogP contribution in [0, 0.1) is 17.1 Å². The number of ether oxygens (including phenoxy) is 1. The molecular weight excluding hydrogens is 449 g/mol. The van der Waals surface area contributed by atoms with Crippen LogP contribution in [0.3, 0.4) is 0 Å². The Kier molecular flexibility index (Phi) is 6.99. The normalized spacial score (nSPS) is 17.8. The van der Waals surface area contributed by atoms with Gasteiger partial charge in [-0.1, -0.05) is 0 Å². The Morgan fingerprint density at radius 2 is 2.03 bits per heavy atom. The summed E-state index contributed by atoms with van der Waals surface area (Å²) in [5, 5.41) is 13.0. The maximum atomic E-state index is 14.5. The summed E-state index contributed by atoms with van der Waals surface area (Å²) in [7, 11) is -3.75. The Morgan fingerprint density at radius 1 is 1.27 bits per heavy atom. The minimum absolute atomic E-state index is 0. The first-order valence-corrected chi connectivity index (χ1v) is 12.4. The van der Waals surface area contributed by atoms with Crippen LogP contribution in [0.25, 0.3) is 0 Å². The third kappa shape index (κ3) is 5.53. The molecule has 2 heterocycles. The number of anilines is 2. The largest absolute Gasteiger partial charge is 0.381 e. The van der Waals surface area contributed by atoms with Gasteiger partial charge < -0.3 is 20.8 Å². The molecule has 1 aromatic carbocycles. The van der Waals surface area contributed by atoms with Crippen LogP contribution in [0.2, 0.25) is 0 Å². The smallest absolute Gasteiger partial charge is 0.248 e. The molecule has 1 unspecified atom stereocenters. The van der Waals surface area contributed by atoms with Gasteiger partial charge in [-0.15, -0.1) is 0 Å². The van der Waals surface area contributed by atoms with Gasteiger partial charge in [-0.25, -0.2) is 17.8 Å². The van der Waals surface area contributed by atoms with Gasteiger partial charge in [-0.2, -0.15) is 0 Å². The second kappa shape index (κ2) is 9.92. The molecule has 178 valence electrons. The number of hydrogen-bond donors (Lipinski definition) is 3. The molecule has 2 aromatic rings. The minimum atomic E-state index is -3.75. The van der Waals surface area contributed by atoms with Gasteiger partial charge in [0.15, 0.2) is 15.7 Å². The number of carbonyl (C=O) groups is 1. The van der Waals surface area contributed by atoms with Gasteiger partial charge in [0.2, 0.25) is 5.91 Å². The lowest BCUT2D eigenvalue weighted by molar-refractivity contribution is -0.117. The highest BCUT2D eigenvalue weighted by atomic mass is 32.2. The topological polar surface area (TPSA) is 134 Å². The van der Waals surface area contributed by atoms with Crippen molar-refractivity contribution in [3.05, 3.63) is 42.1 Å². The SMILES string of the molecule is N=Cc1c(NC(CC2CCOCC2)C(=O)Nc2cnccn2)cc(F)cc1S(=O)(=O)C1CC1.[HH]. The van der Waals surface area contributed by atoms with Crippen LogP contribution in [0.5, 0.6) is 0 Å². The van der Waals surface area contributed by atoms with Gasteiger partial charge in [-0.05, 0) is 50.2 Å². The second-order valence-corrected chi connectivity index (χ2v) is 10.5. The highest BCUT2D eigenvalue weighted by Crippen LogP contribution is 2.37. The highest BCUT2D eigenvalue weighted by Gasteiger charge is 2.39. The van der Waals surface area contributed by atoms with E-state index in [4.69, 9.17) is 10.1 Å². The van der Waals surface area contributed by atoms with Crippen molar-refractivity contribution < 1.29 is 23.8 Å². The molecule has 9 nitrogen and oxygen atoms in total. The number of halogens is 1. The van der Waals surface area contributed by atoms with Crippen LogP contribution in [-0.2, 0) is 19.4 Å². The fourth-order valence-corrected chi connectivity index (χ4v) is 5.83. The minimum Gasteiger partial charge on any atom is -0.381 e. The third-order valence-corrected chi connectivity index (χ3v) is 8.19. The summed E-state index contributed by atoms with van der Waals surface area (Å²) in [5.41, 5.74) is 0.142. The summed E-state index contributed by atoms with van der Waals surface area (Å²) in [5.74, 6) is -0.699. The van der Waals surface area contributed by atoms with E-state index in [-0.39, 0.29) is 29.3 Å². The molecule has 0 bridgehead atoms. The van der Waals surface area contributed by atoms with Crippen molar-refractivity contribution in [3.63, 3.8) is 0 Å². The molecule has 2 fully saturated rings. The van der Waals surface area contributed by atoms with Gasteiger partial charge in [0.25, 0.3) is 0 Å². The molecule has 2 aliphatic rings. The average Bonchev–Trinajstić information content (AvgIpc) is 3.66. The monoisotopic (exact) mass is 477 g/mol. The number of rotatable bonds is 9. The van der Waals surface area contributed by atoms with Crippen LogP contribution >= 0.6 is 0 Å². The zero-order valence-corrected chi connectivity index (χ0v) is 18.8. The van der Waals surface area contributed by atoms with Gasteiger partial charge >= 0.3 is 0 Å². The van der Waals surface area contributed by atoms with Crippen molar-refractivity contribution in [2.45, 2.75) is 48.3 Å². The van der Waals surface area contributed by atoms with Crippen molar-refractivity contribution in [2.75, 3.05) is 23.8 Å². The van der Waals surface area contributed by atoms with Gasteiger partial charge in [-0.3, -0.25) is 9.78 Å². The molecule has 0 radical (unpaired) electrons. The van der Waals surface area contributed by atoms with E-state index < -0.39 is 32.9 Å². The molecule has 1 amide bonds. The van der Waals surface area contributed by atoms with Gasteiger partial charge in [0, 0.05) is 44.5 Å². The third-order valence-electron chi connectivity index (χ3n) is 5.89. The number of amides is 1. The summed E-state index contributed by atoms with van der Waals surface area (Å²) < 4.78 is 45.6. The summed E-state index contributed by atoms with van der Waals surface area (Å²) in [4.78, 5) is 20.9. The Bertz CT molecular complexity index is 1130. The van der Waals surface area contributed by atoms with Crippen molar-refractivity contribution in [1.82, 2.24) is 9.97 Å². The van der Waals surface area contributed by atoms with E-state index in [1.807, 2.05) is 0 Å². The Morgan fingerprint density at radius 3 is 2.67 bits per heavy atom. The zero-order chi connectivity index (χ0) is 23.4. The fourth-order valence-electron chi connectivity index (χ4n) is 3.97. The Labute approximate surface area is 193 Å². The van der Waals surface area contributed by atoms with E-state index in [1.54, 1.807) is 0 Å². The molecule has 1 atom stereocenters. The molecule has 33 heavy (non-hydrogen) atoms. The zero-order valence-electron chi connectivity index (χ0n) is 18.0. The molecular formula is C22H28FN5O4S. The first-order valence-electron chi connectivity index (χ1n) is 10.9. The lowest BCUT2D eigenvalue weighted by Gasteiger charge is -2.28. The van der Waals surface area contributed by atoms with E-state index in [9.17, 15) is 17.6 Å². The molecule has 1 aliphatic carbocycles. The predicted molar refractivity (Wildman–Crippen MR) is 123 cm³/mol. The number of aromatic nitrogens is 2. The summed E-state index contributed by atoms with van der Waals surface area (Å²) in [6.45, 7) is 1.19. The molecule has 1 saturated heterocycles. The number of nitrogens with zero attached hydrogens (tertiary/aromatic N) is 2. The summed E-state index contributed by atoms with van der Waals surface area (Å²) in [6.07, 6.45) is 8.25. The maximum Gasteiger partial charge on any atom is 0.248 e. The molecule has 4 rings (SSSR count). The lowest BCUT2D eigenvalue weighted by Crippen LogP contribution is -2.38. The number of benzene rings is 1. The van der Waals surface area contributed by atoms with Gasteiger partial charge in [0.05, 0.1) is 16.3 Å². The van der Waals surface area contributed by atoms with Crippen molar-refractivity contribution in [1.29, 1.82) is 5.41 Å². The van der Waals surface area contributed by atoms with Crippen LogP contribution < -0.4 is 10.6 Å². The molecule has 0 spiro atoms. The maximum absolute atomic E-state index is 14.5. The lowest BCUT2D eigenvalue weighted by atomic mass is 9.92. The van der Waals surface area contributed by atoms with E-state index in [0.717, 1.165) is 31.2 Å². The standard InChI is InChI=1S/C22H26FN5O4S.H2/c23-15-10-18(17(12-24)20(11-15)33(30,31)16-1-2-16)27-19(9-14-3-7-32-8-4-14)22(29)28-21-13-25-5-6-26-21;/h5-6,10-14,16,19,24,27H,1-4,7-9H2,(H,26,28,29);1H. The van der Waals surface area contributed by atoms with E-state index in [0.29, 0.717) is 32.5 Å². The first-order chi connectivity index (χ1) is 15.9. The van der Waals surface area contributed by atoms with E-state index in [1.165, 1.54) is 18.6 Å². The summed E-state index contributed by atoms with van der Waals surface area (Å²) in [6, 6.07) is 1.26. The number of carbonyl (C=O) groups excluding carboxylic acids is 1. The van der Waals surface area contributed by atoms with Crippen LogP contribution in [0.15, 0.2) is 35.6 Å². The highest BCUT2D eigenvalue weighted by molar-refractivity contribution is 7.92. The first kappa shape index (κ1) is 23.2. The predicted octanol–water partition coefficient (Wildman–Crippen LogP) is 3.03. The fraction of sp³-hybridized carbons (Fsp3) is 0.455. The van der Waals surface area contributed by atoms with Crippen LogP contribution in [0.4, 0.5) is 15.9 Å². The van der Waals surface area contributed by atoms with Crippen molar-refractivity contribution >= 4 is 33.5 Å². The number of nitrogens with one attached hydrogen (secondary N) is 3. The van der Waals surface area contributed by atoms with Crippen molar-refractivity contribution in [2.24, 2.45) is 5.92 Å². The molecule has 3 N–H and O–H groups in total. The molecule has 1 aromatic heterocycles. The Balaban J connectivity index is 0.00000324. The van der Waals surface area contributed by atoms with E-state index >= 15 is 0 Å².